The fourth-order valence-electron chi connectivity index (χ4n) is 9.35. The molecule has 0 bridgehead atoms. The monoisotopic (exact) mass is 752 g/mol. The molecule has 57 heavy (non-hydrogen) atoms. The lowest BCUT2D eigenvalue weighted by Gasteiger charge is -2.33. The summed E-state index contributed by atoms with van der Waals surface area (Å²) in [5.74, 6) is 1.06. The molecule has 4 unspecified atom stereocenters. The third-order valence-electron chi connectivity index (χ3n) is 11.9. The molecule has 4 atom stereocenters. The van der Waals surface area contributed by atoms with Gasteiger partial charge in [0.25, 0.3) is 0 Å². The zero-order chi connectivity index (χ0) is 37.5. The van der Waals surface area contributed by atoms with Crippen LogP contribution in [0, 0.1) is 0 Å². The predicted molar refractivity (Wildman–Crippen MR) is 235 cm³/mol. The van der Waals surface area contributed by atoms with Gasteiger partial charge in [-0.15, -0.1) is 11.8 Å². The molecular weight excluding hydrogens is 717 g/mol. The lowest BCUT2D eigenvalue weighted by molar-refractivity contribution is 0.404. The van der Waals surface area contributed by atoms with Gasteiger partial charge in [0.05, 0.1) is 16.7 Å². The minimum atomic E-state index is -0.189. The average molecular weight is 753 g/mol. The number of allylic oxidation sites excluding steroid dienone is 3. The Morgan fingerprint density at radius 3 is 2.04 bits per heavy atom. The smallest absolute Gasteiger partial charge is 0.159 e. The summed E-state index contributed by atoms with van der Waals surface area (Å²) >= 11 is 1.96. The second-order valence-electron chi connectivity index (χ2n) is 15.0. The van der Waals surface area contributed by atoms with E-state index in [9.17, 15) is 0 Å². The molecule has 12 rings (SSSR count). The summed E-state index contributed by atoms with van der Waals surface area (Å²) in [5, 5.41) is 12.6. The number of hydrogen-bond acceptors (Lipinski definition) is 5. The van der Waals surface area contributed by atoms with E-state index in [0.29, 0.717) is 0 Å². The summed E-state index contributed by atoms with van der Waals surface area (Å²) in [5.41, 5.74) is 12.5. The quantitative estimate of drug-likeness (QED) is 0.184. The van der Waals surface area contributed by atoms with Crippen molar-refractivity contribution in [2.75, 3.05) is 0 Å². The van der Waals surface area contributed by atoms with Crippen molar-refractivity contribution in [3.05, 3.63) is 210 Å². The second-order valence-corrected chi connectivity index (χ2v) is 16.2. The molecule has 2 aliphatic heterocycles. The van der Waals surface area contributed by atoms with E-state index in [2.05, 4.69) is 197 Å². The highest BCUT2D eigenvalue weighted by molar-refractivity contribution is 8.00. The van der Waals surface area contributed by atoms with Gasteiger partial charge < -0.3 is 14.3 Å². The number of rotatable bonds is 5. The maximum atomic E-state index is 7.13. The summed E-state index contributed by atoms with van der Waals surface area (Å²) in [6, 6.07) is 58.3. The highest BCUT2D eigenvalue weighted by atomic mass is 32.2. The van der Waals surface area contributed by atoms with E-state index in [1.54, 1.807) is 0 Å². The number of aromatic nitrogens is 1. The number of aliphatic imine (C=N–C) groups is 1. The Morgan fingerprint density at radius 2 is 1.25 bits per heavy atom. The molecule has 0 spiro atoms. The van der Waals surface area contributed by atoms with Gasteiger partial charge in [0, 0.05) is 54.3 Å². The van der Waals surface area contributed by atoms with Crippen LogP contribution in [0.2, 0.25) is 0 Å². The van der Waals surface area contributed by atoms with Crippen molar-refractivity contribution in [2.45, 2.75) is 28.4 Å². The number of amidine groups is 1. The van der Waals surface area contributed by atoms with Crippen LogP contribution in [0.3, 0.4) is 0 Å². The van der Waals surface area contributed by atoms with Crippen LogP contribution in [-0.2, 0) is 0 Å². The molecule has 1 aliphatic carbocycles. The van der Waals surface area contributed by atoms with Crippen molar-refractivity contribution in [3.63, 3.8) is 0 Å². The number of nitrogens with one attached hydrogen (secondary N) is 2. The van der Waals surface area contributed by atoms with E-state index in [0.717, 1.165) is 50.2 Å². The molecule has 9 aromatic rings. The normalized spacial score (nSPS) is 20.1. The first-order valence-electron chi connectivity index (χ1n) is 19.6. The van der Waals surface area contributed by atoms with Gasteiger partial charge in [0.2, 0.25) is 0 Å². The molecule has 0 saturated carbocycles. The van der Waals surface area contributed by atoms with E-state index in [1.165, 1.54) is 43.4 Å². The molecule has 0 amide bonds. The molecule has 4 heterocycles. The van der Waals surface area contributed by atoms with Gasteiger partial charge in [0.1, 0.15) is 23.8 Å². The van der Waals surface area contributed by atoms with Gasteiger partial charge in [-0.25, -0.2) is 4.99 Å². The van der Waals surface area contributed by atoms with Crippen LogP contribution in [0.4, 0.5) is 0 Å². The first-order chi connectivity index (χ1) is 28.3. The van der Waals surface area contributed by atoms with Crippen molar-refractivity contribution in [2.24, 2.45) is 4.99 Å². The van der Waals surface area contributed by atoms with Crippen LogP contribution in [0.25, 0.3) is 55.0 Å². The van der Waals surface area contributed by atoms with Crippen LogP contribution < -0.4 is 10.6 Å². The van der Waals surface area contributed by atoms with Gasteiger partial charge in [-0.05, 0) is 34.9 Å². The largest absolute Gasteiger partial charge is 0.453 e. The molecular formula is C51H36N4OS. The Kier molecular flexibility index (Phi) is 7.43. The molecule has 2 aromatic heterocycles. The molecule has 3 aliphatic rings. The average Bonchev–Trinajstić information content (AvgIpc) is 3.97. The summed E-state index contributed by atoms with van der Waals surface area (Å²) in [4.78, 5) is 6.49. The maximum absolute atomic E-state index is 7.13. The van der Waals surface area contributed by atoms with E-state index in [1.807, 2.05) is 11.8 Å². The number of thioether (sulfide) groups is 1. The fourth-order valence-corrected chi connectivity index (χ4v) is 10.9. The second kappa shape index (κ2) is 13.0. The van der Waals surface area contributed by atoms with Gasteiger partial charge in [-0.1, -0.05) is 164 Å². The SMILES string of the molecule is C1=CC2Sc3c(C4NC(c5ccccc5)=NC(c5ccccc5)N4)cccc3C2C(c2cccc3c2oc2c(-n4c5ccccc5c5ccccc54)cccc23)=C1. The first kappa shape index (κ1) is 32.6. The number of furan rings is 1. The van der Waals surface area contributed by atoms with Gasteiger partial charge in [-0.3, -0.25) is 5.32 Å². The minimum Gasteiger partial charge on any atom is -0.453 e. The molecule has 0 radical (unpaired) electrons. The zero-order valence-electron chi connectivity index (χ0n) is 30.8. The summed E-state index contributed by atoms with van der Waals surface area (Å²) in [7, 11) is 0. The Hall–Kier alpha value is -6.60. The number of hydrogen-bond donors (Lipinski definition) is 2. The Morgan fingerprint density at radius 1 is 0.596 bits per heavy atom. The van der Waals surface area contributed by atoms with E-state index < -0.39 is 0 Å². The van der Waals surface area contributed by atoms with Crippen LogP contribution in [0.15, 0.2) is 196 Å². The first-order valence-corrected chi connectivity index (χ1v) is 20.5. The number of fused-ring (bicyclic) bond motifs is 9. The summed E-state index contributed by atoms with van der Waals surface area (Å²) < 4.78 is 9.49. The van der Waals surface area contributed by atoms with Crippen molar-refractivity contribution >= 4 is 66.9 Å². The van der Waals surface area contributed by atoms with Gasteiger partial charge >= 0.3 is 0 Å². The molecule has 2 N–H and O–H groups in total. The van der Waals surface area contributed by atoms with Crippen LogP contribution in [-0.4, -0.2) is 15.7 Å². The Labute approximate surface area is 334 Å². The minimum absolute atomic E-state index is 0.139. The van der Waals surface area contributed by atoms with E-state index >= 15 is 0 Å². The zero-order valence-corrected chi connectivity index (χ0v) is 31.7. The number of nitrogens with zero attached hydrogens (tertiary/aromatic N) is 2. The molecule has 0 fully saturated rings. The Balaban J connectivity index is 0.969. The lowest BCUT2D eigenvalue weighted by Crippen LogP contribution is -2.45. The topological polar surface area (TPSA) is 54.5 Å². The maximum Gasteiger partial charge on any atom is 0.159 e. The highest BCUT2D eigenvalue weighted by Crippen LogP contribution is 2.56. The summed E-state index contributed by atoms with van der Waals surface area (Å²) in [6.07, 6.45) is 6.59. The van der Waals surface area contributed by atoms with Gasteiger partial charge in [0.15, 0.2) is 5.58 Å². The lowest BCUT2D eigenvalue weighted by atomic mass is 9.81. The fraction of sp³-hybridized carbons (Fsp3) is 0.0784. The number of benzene rings is 7. The van der Waals surface area contributed by atoms with Crippen molar-refractivity contribution in [1.82, 2.24) is 15.2 Å². The van der Waals surface area contributed by atoms with Crippen molar-refractivity contribution < 1.29 is 4.42 Å². The third kappa shape index (κ3) is 5.11. The molecule has 5 nitrogen and oxygen atoms in total. The molecule has 6 heteroatoms. The molecule has 0 saturated heterocycles. The standard InChI is InChI=1S/C51H36N4OS/c1-3-15-31(16-4-1)49-52-50(32-17-5-2-6-18-32)54-51(53-49)40-26-12-25-39-45-35(21-14-30-44(45)57-48(39)40)36-22-11-23-37-38-24-13-29-43(47(38)56-46(36)37)55-41-27-9-7-19-33(41)34-20-8-10-28-42(34)55/h1-30,44-45,49,51,53H,(H,52,54). The van der Waals surface area contributed by atoms with Crippen molar-refractivity contribution in [1.29, 1.82) is 0 Å². The Bertz CT molecular complexity index is 3090. The van der Waals surface area contributed by atoms with Crippen molar-refractivity contribution in [3.8, 4) is 5.69 Å². The number of para-hydroxylation sites is 4. The van der Waals surface area contributed by atoms with Crippen LogP contribution in [0.1, 0.15) is 46.1 Å². The molecule has 7 aromatic carbocycles. The van der Waals surface area contributed by atoms with Crippen LogP contribution in [0.5, 0.6) is 0 Å². The van der Waals surface area contributed by atoms with Crippen LogP contribution >= 0.6 is 11.8 Å². The van der Waals surface area contributed by atoms with E-state index in [-0.39, 0.29) is 23.5 Å². The van der Waals surface area contributed by atoms with Gasteiger partial charge in [-0.2, -0.15) is 0 Å². The molecule has 272 valence electrons. The predicted octanol–water partition coefficient (Wildman–Crippen LogP) is 12.2. The summed E-state index contributed by atoms with van der Waals surface area (Å²) in [6.45, 7) is 0. The third-order valence-corrected chi connectivity index (χ3v) is 13.3. The highest BCUT2D eigenvalue weighted by Gasteiger charge is 2.40. The van der Waals surface area contributed by atoms with E-state index in [4.69, 9.17) is 9.41 Å².